The molecule has 0 aliphatic carbocycles. The van der Waals surface area contributed by atoms with Crippen LogP contribution < -0.4 is 10.1 Å². The minimum absolute atomic E-state index is 0.260. The Morgan fingerprint density at radius 2 is 2.17 bits per heavy atom. The van der Waals surface area contributed by atoms with E-state index in [-0.39, 0.29) is 11.6 Å². The minimum Gasteiger partial charge on any atom is -0.494 e. The van der Waals surface area contributed by atoms with Gasteiger partial charge in [0.25, 0.3) is 0 Å². The van der Waals surface area contributed by atoms with Gasteiger partial charge in [-0.05, 0) is 36.2 Å². The first-order chi connectivity index (χ1) is 8.70. The first kappa shape index (κ1) is 12.4. The van der Waals surface area contributed by atoms with E-state index in [0.717, 1.165) is 16.8 Å². The van der Waals surface area contributed by atoms with Crippen LogP contribution in [0.4, 0.5) is 10.1 Å². The molecule has 0 saturated heterocycles. The first-order valence-corrected chi connectivity index (χ1v) is 5.67. The number of hydrogen-bond acceptors (Lipinski definition) is 3. The van der Waals surface area contributed by atoms with E-state index in [9.17, 15) is 4.39 Å². The Hall–Kier alpha value is -2.10. The van der Waals surface area contributed by atoms with Crippen molar-refractivity contribution in [2.45, 2.75) is 13.5 Å². The van der Waals surface area contributed by atoms with E-state index in [1.807, 2.05) is 19.1 Å². The summed E-state index contributed by atoms with van der Waals surface area (Å²) in [4.78, 5) is 4.05. The molecule has 1 N–H and O–H groups in total. The highest BCUT2D eigenvalue weighted by Crippen LogP contribution is 2.19. The topological polar surface area (TPSA) is 34.1 Å². The Morgan fingerprint density at radius 3 is 2.83 bits per heavy atom. The van der Waals surface area contributed by atoms with E-state index in [2.05, 4.69) is 10.3 Å². The number of methoxy groups -OCH3 is 1. The number of aromatic nitrogens is 1. The van der Waals surface area contributed by atoms with Crippen LogP contribution in [0.1, 0.15) is 11.1 Å². The molecular formula is C14H15FN2O. The highest BCUT2D eigenvalue weighted by atomic mass is 19.1. The molecule has 2 rings (SSSR count). The second kappa shape index (κ2) is 5.49. The molecule has 0 unspecified atom stereocenters. The quantitative estimate of drug-likeness (QED) is 0.899. The van der Waals surface area contributed by atoms with Gasteiger partial charge in [0.15, 0.2) is 11.6 Å². The van der Waals surface area contributed by atoms with E-state index < -0.39 is 0 Å². The molecule has 3 nitrogen and oxygen atoms in total. The van der Waals surface area contributed by atoms with Gasteiger partial charge in [-0.15, -0.1) is 0 Å². The molecule has 0 radical (unpaired) electrons. The molecule has 0 bridgehead atoms. The van der Waals surface area contributed by atoms with Crippen LogP contribution in [0.3, 0.4) is 0 Å². The lowest BCUT2D eigenvalue weighted by atomic mass is 10.2. The molecule has 2 aromatic rings. The summed E-state index contributed by atoms with van der Waals surface area (Å²) < 4.78 is 18.4. The second-order valence-corrected chi connectivity index (χ2v) is 4.01. The van der Waals surface area contributed by atoms with Crippen LogP contribution in [0, 0.1) is 12.7 Å². The van der Waals surface area contributed by atoms with Gasteiger partial charge in [-0.3, -0.25) is 4.98 Å². The molecule has 94 valence electrons. The normalized spacial score (nSPS) is 10.2. The van der Waals surface area contributed by atoms with Gasteiger partial charge in [0.1, 0.15) is 0 Å². The number of halogens is 1. The summed E-state index contributed by atoms with van der Waals surface area (Å²) in [7, 11) is 1.45. The third kappa shape index (κ3) is 2.77. The summed E-state index contributed by atoms with van der Waals surface area (Å²) in [6.07, 6.45) is 3.50. The van der Waals surface area contributed by atoms with Crippen molar-refractivity contribution in [1.82, 2.24) is 4.98 Å². The number of ether oxygens (including phenoxy) is 1. The fourth-order valence-electron chi connectivity index (χ4n) is 1.67. The number of hydrogen-bond donors (Lipinski definition) is 1. The number of benzene rings is 1. The Kier molecular flexibility index (Phi) is 3.77. The lowest BCUT2D eigenvalue weighted by molar-refractivity contribution is 0.386. The van der Waals surface area contributed by atoms with Gasteiger partial charge in [0.05, 0.1) is 19.0 Å². The number of pyridine rings is 1. The van der Waals surface area contributed by atoms with Gasteiger partial charge in [-0.25, -0.2) is 4.39 Å². The lowest BCUT2D eigenvalue weighted by Gasteiger charge is -2.09. The Morgan fingerprint density at radius 1 is 1.33 bits per heavy atom. The standard InChI is InChI=1S/C14H15FN2O/c1-10-5-6-16-9-13(10)17-8-11-3-4-14(18-2)12(15)7-11/h3-7,9,17H,8H2,1-2H3. The smallest absolute Gasteiger partial charge is 0.165 e. The summed E-state index contributed by atoms with van der Waals surface area (Å²) in [5.41, 5.74) is 2.92. The first-order valence-electron chi connectivity index (χ1n) is 5.67. The van der Waals surface area contributed by atoms with E-state index in [0.29, 0.717) is 6.54 Å². The van der Waals surface area contributed by atoms with Crippen LogP contribution in [0.15, 0.2) is 36.7 Å². The van der Waals surface area contributed by atoms with Gasteiger partial charge in [-0.2, -0.15) is 0 Å². The molecule has 0 atom stereocenters. The predicted octanol–water partition coefficient (Wildman–Crippen LogP) is 3.15. The van der Waals surface area contributed by atoms with Crippen molar-refractivity contribution in [3.63, 3.8) is 0 Å². The summed E-state index contributed by atoms with van der Waals surface area (Å²) in [6, 6.07) is 6.86. The van der Waals surface area contributed by atoms with Crippen molar-refractivity contribution in [3.8, 4) is 5.75 Å². The summed E-state index contributed by atoms with van der Waals surface area (Å²) in [5, 5.41) is 3.22. The van der Waals surface area contributed by atoms with Gasteiger partial charge in [0, 0.05) is 12.7 Å². The van der Waals surface area contributed by atoms with E-state index in [4.69, 9.17) is 4.74 Å². The number of anilines is 1. The van der Waals surface area contributed by atoms with E-state index in [1.165, 1.54) is 13.2 Å². The average molecular weight is 246 g/mol. The van der Waals surface area contributed by atoms with Gasteiger partial charge < -0.3 is 10.1 Å². The zero-order chi connectivity index (χ0) is 13.0. The molecule has 1 heterocycles. The molecule has 0 aliphatic heterocycles. The molecule has 4 heteroatoms. The number of nitrogens with one attached hydrogen (secondary N) is 1. The third-order valence-corrected chi connectivity index (χ3v) is 2.74. The van der Waals surface area contributed by atoms with Crippen molar-refractivity contribution in [3.05, 3.63) is 53.6 Å². The fourth-order valence-corrected chi connectivity index (χ4v) is 1.67. The van der Waals surface area contributed by atoms with Crippen molar-refractivity contribution in [2.75, 3.05) is 12.4 Å². The average Bonchev–Trinajstić information content (AvgIpc) is 2.38. The highest BCUT2D eigenvalue weighted by Gasteiger charge is 2.03. The lowest BCUT2D eigenvalue weighted by Crippen LogP contribution is -2.02. The number of aryl methyl sites for hydroxylation is 1. The molecule has 0 aliphatic rings. The third-order valence-electron chi connectivity index (χ3n) is 2.74. The zero-order valence-electron chi connectivity index (χ0n) is 10.4. The second-order valence-electron chi connectivity index (χ2n) is 4.01. The van der Waals surface area contributed by atoms with Crippen LogP contribution in [-0.2, 0) is 6.54 Å². The van der Waals surface area contributed by atoms with Crippen LogP contribution in [0.5, 0.6) is 5.75 Å². The Labute approximate surface area is 106 Å². The molecule has 0 saturated carbocycles. The van der Waals surface area contributed by atoms with Crippen molar-refractivity contribution in [1.29, 1.82) is 0 Å². The molecular weight excluding hydrogens is 231 g/mol. The maximum atomic E-state index is 13.5. The maximum absolute atomic E-state index is 13.5. The molecule has 18 heavy (non-hydrogen) atoms. The largest absolute Gasteiger partial charge is 0.494 e. The molecule has 1 aromatic carbocycles. The van der Waals surface area contributed by atoms with Gasteiger partial charge >= 0.3 is 0 Å². The van der Waals surface area contributed by atoms with Crippen molar-refractivity contribution < 1.29 is 9.13 Å². The monoisotopic (exact) mass is 246 g/mol. The zero-order valence-corrected chi connectivity index (χ0v) is 10.4. The fraction of sp³-hybridized carbons (Fsp3) is 0.214. The van der Waals surface area contributed by atoms with Crippen LogP contribution >= 0.6 is 0 Å². The SMILES string of the molecule is COc1ccc(CNc2cnccc2C)cc1F. The number of nitrogens with zero attached hydrogens (tertiary/aromatic N) is 1. The summed E-state index contributed by atoms with van der Waals surface area (Å²) in [5.74, 6) is -0.0870. The van der Waals surface area contributed by atoms with Crippen LogP contribution in [0.25, 0.3) is 0 Å². The summed E-state index contributed by atoms with van der Waals surface area (Å²) >= 11 is 0. The predicted molar refractivity (Wildman–Crippen MR) is 69.3 cm³/mol. The van der Waals surface area contributed by atoms with Crippen LogP contribution in [-0.4, -0.2) is 12.1 Å². The molecule has 0 fully saturated rings. The van der Waals surface area contributed by atoms with Gasteiger partial charge in [0.2, 0.25) is 0 Å². The van der Waals surface area contributed by atoms with Gasteiger partial charge in [-0.1, -0.05) is 6.07 Å². The Bertz CT molecular complexity index is 543. The molecule has 0 spiro atoms. The maximum Gasteiger partial charge on any atom is 0.165 e. The summed E-state index contributed by atoms with van der Waals surface area (Å²) in [6.45, 7) is 2.55. The molecule has 0 amide bonds. The minimum atomic E-state index is -0.347. The van der Waals surface area contributed by atoms with Crippen molar-refractivity contribution >= 4 is 5.69 Å². The van der Waals surface area contributed by atoms with E-state index >= 15 is 0 Å². The van der Waals surface area contributed by atoms with Crippen molar-refractivity contribution in [2.24, 2.45) is 0 Å². The van der Waals surface area contributed by atoms with E-state index in [1.54, 1.807) is 18.5 Å². The highest BCUT2D eigenvalue weighted by molar-refractivity contribution is 5.48. The number of rotatable bonds is 4. The Balaban J connectivity index is 2.07. The van der Waals surface area contributed by atoms with Crippen LogP contribution in [0.2, 0.25) is 0 Å². The molecule has 1 aromatic heterocycles.